The average molecular weight is 329 g/mol. The number of carbonyl (C=O) groups excluding carboxylic acids is 2. The lowest BCUT2D eigenvalue weighted by atomic mass is 10.3. The second kappa shape index (κ2) is 10.0. The number of nitrogens with one attached hydrogen (secondary N) is 3. The van der Waals surface area contributed by atoms with Gasteiger partial charge in [0.2, 0.25) is 5.91 Å². The molecular weight excluding hydrogens is 306 g/mol. The molecule has 0 radical (unpaired) electrons. The molecule has 0 spiro atoms. The third-order valence-corrected chi connectivity index (χ3v) is 3.15. The maximum Gasteiger partial charge on any atom is 0.275 e. The van der Waals surface area contributed by atoms with E-state index in [9.17, 15) is 9.59 Å². The minimum absolute atomic E-state index is 0.0151. The van der Waals surface area contributed by atoms with Crippen LogP contribution in [0, 0.1) is 0 Å². The van der Waals surface area contributed by atoms with Crippen LogP contribution in [-0.2, 0) is 9.59 Å². The smallest absolute Gasteiger partial charge is 0.275 e. The van der Waals surface area contributed by atoms with Crippen molar-refractivity contribution in [1.82, 2.24) is 10.6 Å². The molecule has 1 aromatic carbocycles. The Morgan fingerprint density at radius 3 is 2.50 bits per heavy atom. The van der Waals surface area contributed by atoms with Crippen molar-refractivity contribution in [3.8, 4) is 5.75 Å². The molecule has 0 bridgehead atoms. The Bertz CT molecular complexity index is 479. The number of quaternary nitrogens is 1. The molecule has 0 saturated heterocycles. The highest BCUT2D eigenvalue weighted by atomic mass is 35.5. The van der Waals surface area contributed by atoms with Crippen LogP contribution in [0.15, 0.2) is 24.3 Å². The molecule has 1 atom stereocenters. The van der Waals surface area contributed by atoms with Crippen LogP contribution in [0.25, 0.3) is 0 Å². The summed E-state index contributed by atoms with van der Waals surface area (Å²) in [6, 6.07) is 7.14. The van der Waals surface area contributed by atoms with Gasteiger partial charge in [-0.2, -0.15) is 0 Å². The van der Waals surface area contributed by atoms with Crippen molar-refractivity contribution in [3.05, 3.63) is 29.3 Å². The van der Waals surface area contributed by atoms with E-state index in [1.165, 1.54) is 0 Å². The van der Waals surface area contributed by atoms with Crippen molar-refractivity contribution < 1.29 is 19.2 Å². The van der Waals surface area contributed by atoms with Crippen LogP contribution in [0.2, 0.25) is 5.02 Å². The summed E-state index contributed by atoms with van der Waals surface area (Å²) in [5.41, 5.74) is 0. The van der Waals surface area contributed by atoms with E-state index in [0.717, 1.165) is 10.6 Å². The summed E-state index contributed by atoms with van der Waals surface area (Å²) in [6.45, 7) is 3.87. The summed E-state index contributed by atoms with van der Waals surface area (Å²) in [4.78, 5) is 23.9. The number of rotatable bonds is 9. The molecule has 0 saturated carbocycles. The first-order chi connectivity index (χ1) is 10.5. The summed E-state index contributed by atoms with van der Waals surface area (Å²) in [6.07, 6.45) is 0. The fourth-order valence-corrected chi connectivity index (χ4v) is 1.86. The van der Waals surface area contributed by atoms with E-state index >= 15 is 0 Å². The van der Waals surface area contributed by atoms with Crippen LogP contribution in [0.5, 0.6) is 5.75 Å². The van der Waals surface area contributed by atoms with Crippen LogP contribution in [0.1, 0.15) is 6.92 Å². The summed E-state index contributed by atoms with van der Waals surface area (Å²) < 4.78 is 5.57. The zero-order valence-electron chi connectivity index (χ0n) is 12.9. The van der Waals surface area contributed by atoms with Gasteiger partial charge in [0.05, 0.1) is 13.6 Å². The Morgan fingerprint density at radius 2 is 1.86 bits per heavy atom. The van der Waals surface area contributed by atoms with E-state index in [4.69, 9.17) is 16.3 Å². The van der Waals surface area contributed by atoms with E-state index in [1.807, 2.05) is 14.0 Å². The van der Waals surface area contributed by atoms with Gasteiger partial charge in [-0.3, -0.25) is 9.59 Å². The second-order valence-electron chi connectivity index (χ2n) is 4.92. The second-order valence-corrected chi connectivity index (χ2v) is 5.35. The van der Waals surface area contributed by atoms with Crippen LogP contribution in [0.4, 0.5) is 0 Å². The van der Waals surface area contributed by atoms with E-state index in [0.29, 0.717) is 31.3 Å². The van der Waals surface area contributed by atoms with Crippen LogP contribution in [-0.4, -0.2) is 51.6 Å². The lowest BCUT2D eigenvalue weighted by molar-refractivity contribution is -0.871. The van der Waals surface area contributed by atoms with Gasteiger partial charge in [-0.25, -0.2) is 0 Å². The van der Waals surface area contributed by atoms with Crippen LogP contribution < -0.4 is 20.3 Å². The van der Waals surface area contributed by atoms with Crippen molar-refractivity contribution in [2.45, 2.75) is 6.92 Å². The maximum absolute atomic E-state index is 11.7. The molecule has 2 amide bonds. The van der Waals surface area contributed by atoms with Crippen molar-refractivity contribution in [2.24, 2.45) is 0 Å². The minimum Gasteiger partial charge on any atom is -0.488 e. The third-order valence-electron chi connectivity index (χ3n) is 2.89. The highest BCUT2D eigenvalue weighted by Gasteiger charge is 2.11. The Morgan fingerprint density at radius 1 is 1.18 bits per heavy atom. The van der Waals surface area contributed by atoms with Gasteiger partial charge in [-0.05, 0) is 31.2 Å². The predicted molar refractivity (Wildman–Crippen MR) is 85.3 cm³/mol. The Labute approximate surface area is 135 Å². The number of hydrogen-bond acceptors (Lipinski definition) is 3. The molecule has 122 valence electrons. The number of carbonyl (C=O) groups is 2. The molecular formula is C15H23ClN3O3+. The number of ether oxygens (including phenoxy) is 1. The number of benzene rings is 1. The topological polar surface area (TPSA) is 71.9 Å². The average Bonchev–Trinajstić information content (AvgIpc) is 2.47. The molecule has 0 aliphatic rings. The van der Waals surface area contributed by atoms with E-state index in [2.05, 4.69) is 10.6 Å². The summed E-state index contributed by atoms with van der Waals surface area (Å²) in [5.74, 6) is 0.410. The predicted octanol–water partition coefficient (Wildman–Crippen LogP) is -0.514. The van der Waals surface area contributed by atoms with Crippen molar-refractivity contribution >= 4 is 23.4 Å². The summed E-state index contributed by atoms with van der Waals surface area (Å²) >= 11 is 5.79. The van der Waals surface area contributed by atoms with Crippen molar-refractivity contribution in [3.63, 3.8) is 0 Å². The normalized spacial score (nSPS) is 11.6. The standard InChI is InChI=1S/C15H22ClN3O3/c1-3-17-14(20)10-18-15(21)11-19(2)8-9-22-13-6-4-12(16)5-7-13/h4-7H,3,8-11H2,1-2H3,(H,17,20)(H,18,21)/p+1. The third kappa shape index (κ3) is 7.85. The first-order valence-corrected chi connectivity index (χ1v) is 7.62. The zero-order valence-corrected chi connectivity index (χ0v) is 13.7. The monoisotopic (exact) mass is 328 g/mol. The van der Waals surface area contributed by atoms with Crippen LogP contribution >= 0.6 is 11.6 Å². The van der Waals surface area contributed by atoms with E-state index < -0.39 is 0 Å². The highest BCUT2D eigenvalue weighted by molar-refractivity contribution is 6.30. The van der Waals surface area contributed by atoms with Gasteiger partial charge < -0.3 is 20.3 Å². The summed E-state index contributed by atoms with van der Waals surface area (Å²) in [7, 11) is 1.90. The SMILES string of the molecule is CCNC(=O)CNC(=O)C[NH+](C)CCOc1ccc(Cl)cc1. The zero-order chi connectivity index (χ0) is 16.4. The van der Waals surface area contributed by atoms with E-state index in [1.54, 1.807) is 24.3 Å². The Kier molecular flexibility index (Phi) is 8.32. The molecule has 22 heavy (non-hydrogen) atoms. The highest BCUT2D eigenvalue weighted by Crippen LogP contribution is 2.14. The Hall–Kier alpha value is -1.79. The molecule has 0 aliphatic heterocycles. The molecule has 0 aromatic heterocycles. The quantitative estimate of drug-likeness (QED) is 0.571. The molecule has 0 fully saturated rings. The number of hydrogen-bond donors (Lipinski definition) is 3. The van der Waals surface area contributed by atoms with E-state index in [-0.39, 0.29) is 18.4 Å². The fourth-order valence-electron chi connectivity index (χ4n) is 1.74. The van der Waals surface area contributed by atoms with Gasteiger partial charge in [0.25, 0.3) is 5.91 Å². The van der Waals surface area contributed by atoms with Gasteiger partial charge in [-0.1, -0.05) is 11.6 Å². The van der Waals surface area contributed by atoms with Crippen molar-refractivity contribution in [2.75, 3.05) is 39.8 Å². The molecule has 0 aliphatic carbocycles. The van der Waals surface area contributed by atoms with Gasteiger partial charge in [-0.15, -0.1) is 0 Å². The molecule has 1 rings (SSSR count). The lowest BCUT2D eigenvalue weighted by Gasteiger charge is -2.14. The lowest BCUT2D eigenvalue weighted by Crippen LogP contribution is -3.10. The largest absolute Gasteiger partial charge is 0.488 e. The molecule has 3 N–H and O–H groups in total. The maximum atomic E-state index is 11.7. The molecule has 7 heteroatoms. The molecule has 1 aromatic rings. The van der Waals surface area contributed by atoms with Gasteiger partial charge in [0.1, 0.15) is 18.9 Å². The van der Waals surface area contributed by atoms with Gasteiger partial charge in [0.15, 0.2) is 6.54 Å². The van der Waals surface area contributed by atoms with Crippen molar-refractivity contribution in [1.29, 1.82) is 0 Å². The number of amides is 2. The number of halogens is 1. The first-order valence-electron chi connectivity index (χ1n) is 7.24. The molecule has 6 nitrogen and oxygen atoms in total. The van der Waals surface area contributed by atoms with Gasteiger partial charge >= 0.3 is 0 Å². The fraction of sp³-hybridized carbons (Fsp3) is 0.467. The van der Waals surface area contributed by atoms with Crippen LogP contribution in [0.3, 0.4) is 0 Å². The molecule has 0 heterocycles. The first kappa shape index (κ1) is 18.3. The minimum atomic E-state index is -0.181. The molecule has 1 unspecified atom stereocenters. The van der Waals surface area contributed by atoms with Gasteiger partial charge in [0, 0.05) is 11.6 Å². The number of likely N-dealkylation sites (N-methyl/N-ethyl adjacent to an activating group) is 2. The Balaban J connectivity index is 2.17. The summed E-state index contributed by atoms with van der Waals surface area (Å²) in [5, 5.41) is 5.87.